The molecule has 3 amide bonds. The van der Waals surface area contributed by atoms with Gasteiger partial charge in [0.1, 0.15) is 5.82 Å². The molecule has 1 N–H and O–H groups in total. The average Bonchev–Trinajstić information content (AvgIpc) is 2.96. The fourth-order valence-corrected chi connectivity index (χ4v) is 3.18. The van der Waals surface area contributed by atoms with Crippen LogP contribution in [0.3, 0.4) is 0 Å². The molecule has 0 spiro atoms. The van der Waals surface area contributed by atoms with E-state index < -0.39 is 23.5 Å². The van der Waals surface area contributed by atoms with Crippen molar-refractivity contribution < 1.29 is 18.8 Å². The van der Waals surface area contributed by atoms with Gasteiger partial charge in [-0.1, -0.05) is 6.07 Å². The fourth-order valence-electron chi connectivity index (χ4n) is 3.18. The number of hydrogen-bond acceptors (Lipinski definition) is 4. The van der Waals surface area contributed by atoms with Crippen molar-refractivity contribution in [3.8, 4) is 0 Å². The van der Waals surface area contributed by atoms with E-state index in [1.54, 1.807) is 37.5 Å². The first-order chi connectivity index (χ1) is 13.9. The smallest absolute Gasteiger partial charge is 0.261 e. The van der Waals surface area contributed by atoms with Gasteiger partial charge in [0.25, 0.3) is 17.7 Å². The van der Waals surface area contributed by atoms with E-state index in [2.05, 4.69) is 10.3 Å². The van der Waals surface area contributed by atoms with Crippen molar-refractivity contribution in [1.82, 2.24) is 9.88 Å². The number of carbonyl (C=O) groups excluding carboxylic acids is 3. The van der Waals surface area contributed by atoms with Crippen molar-refractivity contribution in [3.05, 3.63) is 94.6 Å². The Morgan fingerprint density at radius 3 is 2.48 bits per heavy atom. The van der Waals surface area contributed by atoms with Gasteiger partial charge in [-0.15, -0.1) is 0 Å². The number of aromatic nitrogens is 1. The van der Waals surface area contributed by atoms with Crippen LogP contribution < -0.4 is 5.32 Å². The fraction of sp³-hybridized carbons (Fsp3) is 0.0909. The maximum Gasteiger partial charge on any atom is 0.261 e. The van der Waals surface area contributed by atoms with Crippen LogP contribution in [-0.2, 0) is 6.54 Å². The predicted molar refractivity (Wildman–Crippen MR) is 104 cm³/mol. The minimum atomic E-state index is -0.565. The molecule has 7 heteroatoms. The monoisotopic (exact) mass is 389 g/mol. The van der Waals surface area contributed by atoms with Gasteiger partial charge in [0.15, 0.2) is 0 Å². The zero-order valence-corrected chi connectivity index (χ0v) is 15.5. The molecule has 0 saturated carbocycles. The first-order valence-electron chi connectivity index (χ1n) is 8.90. The molecule has 0 aliphatic carbocycles. The molecule has 1 aromatic heterocycles. The summed E-state index contributed by atoms with van der Waals surface area (Å²) >= 11 is 0. The first-order valence-corrected chi connectivity index (χ1v) is 8.90. The molecule has 0 saturated heterocycles. The number of rotatable bonds is 4. The number of aryl methyl sites for hydroxylation is 1. The van der Waals surface area contributed by atoms with E-state index in [-0.39, 0.29) is 28.9 Å². The van der Waals surface area contributed by atoms with Crippen molar-refractivity contribution in [2.75, 3.05) is 5.32 Å². The van der Waals surface area contributed by atoms with Crippen molar-refractivity contribution in [3.63, 3.8) is 0 Å². The summed E-state index contributed by atoms with van der Waals surface area (Å²) in [6, 6.07) is 12.1. The molecule has 1 aliphatic heterocycles. The van der Waals surface area contributed by atoms with Crippen molar-refractivity contribution >= 4 is 23.4 Å². The van der Waals surface area contributed by atoms with E-state index in [9.17, 15) is 18.8 Å². The number of pyridine rings is 1. The second-order valence-corrected chi connectivity index (χ2v) is 6.75. The average molecular weight is 389 g/mol. The standard InChI is InChI=1S/C22H16FN3O3/c1-13-2-5-18(23)19(10-13)25-20(27)15-3-4-16-17(11-15)22(29)26(21(16)28)12-14-6-8-24-9-7-14/h2-11H,12H2,1H3,(H,25,27). The molecular formula is C22H16FN3O3. The van der Waals surface area contributed by atoms with Crippen LogP contribution in [0.4, 0.5) is 10.1 Å². The highest BCUT2D eigenvalue weighted by molar-refractivity contribution is 6.22. The Bertz CT molecular complexity index is 1150. The number of nitrogens with zero attached hydrogens (tertiary/aromatic N) is 2. The van der Waals surface area contributed by atoms with Gasteiger partial charge in [0.05, 0.1) is 23.4 Å². The van der Waals surface area contributed by atoms with E-state index in [0.717, 1.165) is 16.0 Å². The largest absolute Gasteiger partial charge is 0.319 e. The number of imide groups is 1. The van der Waals surface area contributed by atoms with Crippen LogP contribution in [0, 0.1) is 12.7 Å². The number of anilines is 1. The molecule has 144 valence electrons. The molecule has 29 heavy (non-hydrogen) atoms. The Kier molecular flexibility index (Phi) is 4.64. The van der Waals surface area contributed by atoms with Gasteiger partial charge in [-0.2, -0.15) is 0 Å². The Hall–Kier alpha value is -3.87. The third-order valence-electron chi connectivity index (χ3n) is 4.69. The molecule has 4 rings (SSSR count). The van der Waals surface area contributed by atoms with Crippen LogP contribution in [0.2, 0.25) is 0 Å². The zero-order chi connectivity index (χ0) is 20.5. The molecule has 3 aromatic rings. The van der Waals surface area contributed by atoms with E-state index in [4.69, 9.17) is 0 Å². The first kappa shape index (κ1) is 18.5. The highest BCUT2D eigenvalue weighted by atomic mass is 19.1. The quantitative estimate of drug-likeness (QED) is 0.692. The van der Waals surface area contributed by atoms with Crippen molar-refractivity contribution in [2.24, 2.45) is 0 Å². The third-order valence-corrected chi connectivity index (χ3v) is 4.69. The molecule has 0 radical (unpaired) electrons. The number of fused-ring (bicyclic) bond motifs is 1. The summed E-state index contributed by atoms with van der Waals surface area (Å²) in [4.78, 5) is 42.9. The molecule has 1 aliphatic rings. The lowest BCUT2D eigenvalue weighted by Gasteiger charge is -2.13. The van der Waals surface area contributed by atoms with Crippen LogP contribution in [0.5, 0.6) is 0 Å². The number of carbonyl (C=O) groups is 3. The minimum absolute atomic E-state index is 0.0530. The van der Waals surface area contributed by atoms with Gasteiger partial charge in [-0.3, -0.25) is 24.3 Å². The number of halogens is 1. The summed E-state index contributed by atoms with van der Waals surface area (Å²) in [6.45, 7) is 1.90. The molecule has 0 bridgehead atoms. The lowest BCUT2D eigenvalue weighted by molar-refractivity contribution is 0.0642. The van der Waals surface area contributed by atoms with Crippen LogP contribution in [0.15, 0.2) is 60.9 Å². The van der Waals surface area contributed by atoms with E-state index in [1.165, 1.54) is 30.3 Å². The maximum absolute atomic E-state index is 13.9. The molecule has 0 atom stereocenters. The van der Waals surface area contributed by atoms with Gasteiger partial charge in [-0.25, -0.2) is 4.39 Å². The molecule has 2 heterocycles. The Morgan fingerprint density at radius 1 is 1.00 bits per heavy atom. The highest BCUT2D eigenvalue weighted by Crippen LogP contribution is 2.26. The van der Waals surface area contributed by atoms with Gasteiger partial charge >= 0.3 is 0 Å². The summed E-state index contributed by atoms with van der Waals surface area (Å²) in [5.74, 6) is -2.01. The molecule has 0 unspecified atom stereocenters. The van der Waals surface area contributed by atoms with Crippen molar-refractivity contribution in [2.45, 2.75) is 13.5 Å². The normalized spacial score (nSPS) is 12.8. The summed E-state index contributed by atoms with van der Waals surface area (Å²) in [5, 5.41) is 2.50. The lowest BCUT2D eigenvalue weighted by Crippen LogP contribution is -2.29. The lowest BCUT2D eigenvalue weighted by atomic mass is 10.1. The maximum atomic E-state index is 13.9. The second kappa shape index (κ2) is 7.27. The molecule has 0 fully saturated rings. The molecular weight excluding hydrogens is 373 g/mol. The number of hydrogen-bond donors (Lipinski definition) is 1. The summed E-state index contributed by atoms with van der Waals surface area (Å²) in [7, 11) is 0. The van der Waals surface area contributed by atoms with E-state index in [1.807, 2.05) is 0 Å². The molecule has 2 aromatic carbocycles. The SMILES string of the molecule is Cc1ccc(F)c(NC(=O)c2ccc3c(c2)C(=O)N(Cc2ccncc2)C3=O)c1. The summed E-state index contributed by atoms with van der Waals surface area (Å²) < 4.78 is 13.9. The topological polar surface area (TPSA) is 79.4 Å². The number of nitrogens with one attached hydrogen (secondary N) is 1. The summed E-state index contributed by atoms with van der Waals surface area (Å²) in [6.07, 6.45) is 3.17. The van der Waals surface area contributed by atoms with Gasteiger partial charge in [0.2, 0.25) is 0 Å². The van der Waals surface area contributed by atoms with Crippen LogP contribution in [0.25, 0.3) is 0 Å². The van der Waals surface area contributed by atoms with E-state index >= 15 is 0 Å². The van der Waals surface area contributed by atoms with E-state index in [0.29, 0.717) is 0 Å². The van der Waals surface area contributed by atoms with Gasteiger partial charge in [0, 0.05) is 18.0 Å². The van der Waals surface area contributed by atoms with Crippen molar-refractivity contribution in [1.29, 1.82) is 0 Å². The minimum Gasteiger partial charge on any atom is -0.319 e. The second-order valence-electron chi connectivity index (χ2n) is 6.75. The predicted octanol–water partition coefficient (Wildman–Crippen LogP) is 3.58. The van der Waals surface area contributed by atoms with Crippen LogP contribution in [-0.4, -0.2) is 27.6 Å². The third kappa shape index (κ3) is 3.50. The molecule has 6 nitrogen and oxygen atoms in total. The Balaban J connectivity index is 1.58. The van der Waals surface area contributed by atoms with Crippen LogP contribution >= 0.6 is 0 Å². The Labute approximate surface area is 166 Å². The Morgan fingerprint density at radius 2 is 1.72 bits per heavy atom. The highest BCUT2D eigenvalue weighted by Gasteiger charge is 2.36. The number of amides is 3. The van der Waals surface area contributed by atoms with Gasteiger partial charge < -0.3 is 5.32 Å². The van der Waals surface area contributed by atoms with Gasteiger partial charge in [-0.05, 0) is 60.5 Å². The number of benzene rings is 2. The zero-order valence-electron chi connectivity index (χ0n) is 15.5. The van der Waals surface area contributed by atoms with Crippen LogP contribution in [0.1, 0.15) is 42.2 Å². The summed E-state index contributed by atoms with van der Waals surface area (Å²) in [5.41, 5.74) is 2.17.